The van der Waals surface area contributed by atoms with Crippen LogP contribution in [0.15, 0.2) is 91.0 Å². The van der Waals surface area contributed by atoms with Crippen LogP contribution in [0.25, 0.3) is 10.8 Å². The molecule has 0 saturated carbocycles. The van der Waals surface area contributed by atoms with Crippen LogP contribution in [0.2, 0.25) is 0 Å². The second-order valence-electron chi connectivity index (χ2n) is 10.4. The lowest BCUT2D eigenvalue weighted by Crippen LogP contribution is -2.42. The predicted molar refractivity (Wildman–Crippen MR) is 153 cm³/mol. The second kappa shape index (κ2) is 12.7. The van der Waals surface area contributed by atoms with E-state index in [-0.39, 0.29) is 17.2 Å². The van der Waals surface area contributed by atoms with Crippen molar-refractivity contribution in [2.75, 3.05) is 13.2 Å². The van der Waals surface area contributed by atoms with Crippen molar-refractivity contribution in [1.29, 1.82) is 0 Å². The van der Waals surface area contributed by atoms with Gasteiger partial charge >= 0.3 is 5.97 Å². The number of carboxylic acid groups (broad SMARTS) is 1. The highest BCUT2D eigenvalue weighted by atomic mass is 16.5. The molecule has 0 radical (unpaired) electrons. The predicted octanol–water partition coefficient (Wildman–Crippen LogP) is 7.20. The van der Waals surface area contributed by atoms with Crippen LogP contribution >= 0.6 is 0 Å². The number of nitrogens with one attached hydrogen (secondary N) is 1. The standard InChI is InChI=1S/C33H37NO4/c1-24(30-14-6-7-15-31(30)38-23-26-10-8-13-29(21-26)32(35)36)37-19-9-18-34-33(2,3)22-25-16-17-27-11-4-5-12-28(27)20-25/h4-8,10-17,20-21,24,34H,9,18-19,22-23H2,1-3H3,(H,35,36). The number of aromatic carboxylic acids is 1. The highest BCUT2D eigenvalue weighted by Crippen LogP contribution is 2.28. The van der Waals surface area contributed by atoms with E-state index in [0.717, 1.165) is 36.3 Å². The fourth-order valence-electron chi connectivity index (χ4n) is 4.67. The van der Waals surface area contributed by atoms with Crippen LogP contribution in [-0.4, -0.2) is 29.8 Å². The number of hydrogen-bond donors (Lipinski definition) is 2. The van der Waals surface area contributed by atoms with Crippen LogP contribution in [0.1, 0.15) is 60.3 Å². The lowest BCUT2D eigenvalue weighted by Gasteiger charge is -2.27. The van der Waals surface area contributed by atoms with Crippen LogP contribution in [-0.2, 0) is 17.8 Å². The van der Waals surface area contributed by atoms with Gasteiger partial charge in [0.15, 0.2) is 0 Å². The van der Waals surface area contributed by atoms with E-state index in [1.54, 1.807) is 18.2 Å². The Hall–Kier alpha value is -3.67. The molecule has 0 saturated heterocycles. The molecule has 0 spiro atoms. The molecule has 1 unspecified atom stereocenters. The summed E-state index contributed by atoms with van der Waals surface area (Å²) < 4.78 is 12.2. The Bertz CT molecular complexity index is 1360. The molecule has 0 aliphatic carbocycles. The first kappa shape index (κ1) is 27.4. The third-order valence-electron chi connectivity index (χ3n) is 6.68. The molecule has 0 fully saturated rings. The van der Waals surface area contributed by atoms with Gasteiger partial charge in [-0.2, -0.15) is 0 Å². The van der Waals surface area contributed by atoms with Gasteiger partial charge in [-0.25, -0.2) is 4.79 Å². The molecule has 4 rings (SSSR count). The van der Waals surface area contributed by atoms with E-state index in [2.05, 4.69) is 61.6 Å². The monoisotopic (exact) mass is 511 g/mol. The van der Waals surface area contributed by atoms with Gasteiger partial charge in [0.2, 0.25) is 0 Å². The average molecular weight is 512 g/mol. The quantitative estimate of drug-likeness (QED) is 0.186. The van der Waals surface area contributed by atoms with E-state index in [4.69, 9.17) is 9.47 Å². The Morgan fingerprint density at radius 2 is 1.66 bits per heavy atom. The minimum absolute atomic E-state index is 0.0214. The lowest BCUT2D eigenvalue weighted by atomic mass is 9.93. The first-order valence-corrected chi connectivity index (χ1v) is 13.2. The highest BCUT2D eigenvalue weighted by Gasteiger charge is 2.18. The Morgan fingerprint density at radius 3 is 2.47 bits per heavy atom. The molecule has 0 heterocycles. The molecule has 5 nitrogen and oxygen atoms in total. The third kappa shape index (κ3) is 7.67. The number of fused-ring (bicyclic) bond motifs is 1. The SMILES string of the molecule is CC(OCCCNC(C)(C)Cc1ccc2ccccc2c1)c1ccccc1OCc1cccc(C(=O)O)c1. The molecule has 0 amide bonds. The molecule has 4 aromatic carbocycles. The van der Waals surface area contributed by atoms with Crippen molar-refractivity contribution in [3.63, 3.8) is 0 Å². The van der Waals surface area contributed by atoms with E-state index >= 15 is 0 Å². The summed E-state index contributed by atoms with van der Waals surface area (Å²) in [6, 6.07) is 29.8. The van der Waals surface area contributed by atoms with E-state index in [9.17, 15) is 9.90 Å². The maximum absolute atomic E-state index is 11.2. The number of hydrogen-bond acceptors (Lipinski definition) is 4. The molecule has 0 aliphatic heterocycles. The third-order valence-corrected chi connectivity index (χ3v) is 6.68. The molecule has 0 aliphatic rings. The molecule has 5 heteroatoms. The summed E-state index contributed by atoms with van der Waals surface area (Å²) in [6.45, 7) is 8.31. The van der Waals surface area contributed by atoms with E-state index in [1.165, 1.54) is 16.3 Å². The van der Waals surface area contributed by atoms with Crippen LogP contribution in [0.5, 0.6) is 5.75 Å². The van der Waals surface area contributed by atoms with Crippen LogP contribution in [0.3, 0.4) is 0 Å². The molecule has 4 aromatic rings. The molecule has 38 heavy (non-hydrogen) atoms. The lowest BCUT2D eigenvalue weighted by molar-refractivity contribution is 0.0608. The first-order chi connectivity index (χ1) is 18.3. The van der Waals surface area contributed by atoms with E-state index < -0.39 is 5.97 Å². The molecule has 0 bridgehead atoms. The van der Waals surface area contributed by atoms with Crippen molar-refractivity contribution in [1.82, 2.24) is 5.32 Å². The number of ether oxygens (including phenoxy) is 2. The van der Waals surface area contributed by atoms with Crippen molar-refractivity contribution >= 4 is 16.7 Å². The highest BCUT2D eigenvalue weighted by molar-refractivity contribution is 5.87. The Morgan fingerprint density at radius 1 is 0.895 bits per heavy atom. The Labute approximate surface area is 225 Å². The summed E-state index contributed by atoms with van der Waals surface area (Å²) in [4.78, 5) is 11.2. The van der Waals surface area contributed by atoms with Gasteiger partial charge in [0.1, 0.15) is 12.4 Å². The van der Waals surface area contributed by atoms with Crippen LogP contribution < -0.4 is 10.1 Å². The van der Waals surface area contributed by atoms with Crippen molar-refractivity contribution in [2.24, 2.45) is 0 Å². The number of carboxylic acids is 1. The largest absolute Gasteiger partial charge is 0.489 e. The maximum atomic E-state index is 11.2. The smallest absolute Gasteiger partial charge is 0.335 e. The maximum Gasteiger partial charge on any atom is 0.335 e. The topological polar surface area (TPSA) is 67.8 Å². The summed E-state index contributed by atoms with van der Waals surface area (Å²) >= 11 is 0. The van der Waals surface area contributed by atoms with Gasteiger partial charge in [-0.1, -0.05) is 72.8 Å². The molecule has 198 valence electrons. The van der Waals surface area contributed by atoms with Gasteiger partial charge in [0.05, 0.1) is 11.7 Å². The van der Waals surface area contributed by atoms with E-state index in [0.29, 0.717) is 13.2 Å². The van der Waals surface area contributed by atoms with Crippen molar-refractivity contribution in [2.45, 2.75) is 51.9 Å². The number of rotatable bonds is 13. The van der Waals surface area contributed by atoms with Crippen LogP contribution in [0, 0.1) is 0 Å². The zero-order valence-corrected chi connectivity index (χ0v) is 22.4. The summed E-state index contributed by atoms with van der Waals surface area (Å²) in [6.07, 6.45) is 1.73. The molecule has 1 atom stereocenters. The molecule has 2 N–H and O–H groups in total. The minimum atomic E-state index is -0.944. The fourth-order valence-corrected chi connectivity index (χ4v) is 4.67. The summed E-state index contributed by atoms with van der Waals surface area (Å²) in [7, 11) is 0. The van der Waals surface area contributed by atoms with Gasteiger partial charge in [-0.05, 0) is 80.3 Å². The average Bonchev–Trinajstić information content (AvgIpc) is 2.91. The minimum Gasteiger partial charge on any atom is -0.489 e. The number of para-hydroxylation sites is 1. The Balaban J connectivity index is 1.23. The van der Waals surface area contributed by atoms with Gasteiger partial charge in [0, 0.05) is 17.7 Å². The summed E-state index contributed by atoms with van der Waals surface area (Å²) in [5.74, 6) is -0.198. The summed E-state index contributed by atoms with van der Waals surface area (Å²) in [5, 5.41) is 15.5. The number of carbonyl (C=O) groups is 1. The van der Waals surface area contributed by atoms with Gasteiger partial charge < -0.3 is 19.9 Å². The molecular formula is C33H37NO4. The van der Waals surface area contributed by atoms with Gasteiger partial charge in [-0.15, -0.1) is 0 Å². The molecular weight excluding hydrogens is 474 g/mol. The van der Waals surface area contributed by atoms with Crippen LogP contribution in [0.4, 0.5) is 0 Å². The van der Waals surface area contributed by atoms with Crippen molar-refractivity contribution < 1.29 is 19.4 Å². The molecule has 0 aromatic heterocycles. The second-order valence-corrected chi connectivity index (χ2v) is 10.4. The zero-order valence-electron chi connectivity index (χ0n) is 22.4. The van der Waals surface area contributed by atoms with E-state index in [1.807, 2.05) is 37.3 Å². The van der Waals surface area contributed by atoms with Crippen molar-refractivity contribution in [3.8, 4) is 5.75 Å². The Kier molecular flexibility index (Phi) is 9.16. The van der Waals surface area contributed by atoms with Gasteiger partial charge in [-0.3, -0.25) is 0 Å². The van der Waals surface area contributed by atoms with Gasteiger partial charge in [0.25, 0.3) is 0 Å². The zero-order chi connectivity index (χ0) is 27.0. The van der Waals surface area contributed by atoms with Crippen molar-refractivity contribution in [3.05, 3.63) is 113 Å². The fraction of sp³-hybridized carbons (Fsp3) is 0.303. The first-order valence-electron chi connectivity index (χ1n) is 13.2. The summed E-state index contributed by atoms with van der Waals surface area (Å²) in [5.41, 5.74) is 3.35. The number of benzene rings is 4. The normalized spacial score (nSPS) is 12.4.